The molecule has 1 aliphatic rings. The van der Waals surface area contributed by atoms with Crippen molar-refractivity contribution in [2.24, 2.45) is 0 Å². The molecule has 2 N–H and O–H groups in total. The van der Waals surface area contributed by atoms with Crippen molar-refractivity contribution in [1.29, 1.82) is 0 Å². The Morgan fingerprint density at radius 3 is 2.67 bits per heavy atom. The average Bonchev–Trinajstić information content (AvgIpc) is 2.80. The number of carbonyl (C=O) groups excluding carboxylic acids is 3. The molecule has 0 aromatic heterocycles. The monoisotopic (exact) mass is 356 g/mol. The van der Waals surface area contributed by atoms with Crippen LogP contribution in [0.25, 0.3) is 0 Å². The normalized spacial score (nSPS) is 14.1. The number of imide groups is 1. The van der Waals surface area contributed by atoms with Crippen LogP contribution in [-0.4, -0.2) is 44.3 Å². The maximum atomic E-state index is 12.2. The van der Waals surface area contributed by atoms with Crippen molar-refractivity contribution in [3.05, 3.63) is 22.7 Å². The van der Waals surface area contributed by atoms with Gasteiger partial charge >= 0.3 is 12.0 Å². The molecule has 130 valence electrons. The molecular weight excluding hydrogens is 340 g/mol. The van der Waals surface area contributed by atoms with Gasteiger partial charge in [0.2, 0.25) is 0 Å². The van der Waals surface area contributed by atoms with Gasteiger partial charge in [0, 0.05) is 13.5 Å². The Morgan fingerprint density at radius 1 is 1.25 bits per heavy atom. The van der Waals surface area contributed by atoms with Gasteiger partial charge in [-0.15, -0.1) is 0 Å². The molecule has 0 fully saturated rings. The SMILES string of the molecule is CNC(=O)NC(=O)[C@H](C)OC(=O)c1cc(Cl)c2c(c1)OCCCO2. The van der Waals surface area contributed by atoms with Crippen LogP contribution in [0, 0.1) is 0 Å². The Labute approximate surface area is 143 Å². The maximum absolute atomic E-state index is 12.2. The van der Waals surface area contributed by atoms with E-state index in [1.807, 2.05) is 5.32 Å². The van der Waals surface area contributed by atoms with Gasteiger partial charge in [0.25, 0.3) is 5.91 Å². The number of esters is 1. The first-order valence-corrected chi connectivity index (χ1v) is 7.63. The van der Waals surface area contributed by atoms with E-state index in [0.29, 0.717) is 31.1 Å². The number of halogens is 1. The van der Waals surface area contributed by atoms with E-state index in [1.54, 1.807) is 0 Å². The third-order valence-electron chi connectivity index (χ3n) is 3.15. The largest absolute Gasteiger partial charge is 0.489 e. The van der Waals surface area contributed by atoms with Crippen molar-refractivity contribution in [3.8, 4) is 11.5 Å². The fraction of sp³-hybridized carbons (Fsp3) is 0.400. The van der Waals surface area contributed by atoms with Crippen molar-refractivity contribution in [1.82, 2.24) is 10.6 Å². The van der Waals surface area contributed by atoms with Crippen molar-refractivity contribution in [2.75, 3.05) is 20.3 Å². The molecule has 0 bridgehead atoms. The maximum Gasteiger partial charge on any atom is 0.339 e. The molecule has 1 aromatic carbocycles. The zero-order valence-electron chi connectivity index (χ0n) is 13.2. The fourth-order valence-corrected chi connectivity index (χ4v) is 2.17. The molecule has 1 atom stereocenters. The summed E-state index contributed by atoms with van der Waals surface area (Å²) < 4.78 is 16.0. The van der Waals surface area contributed by atoms with Gasteiger partial charge in [-0.1, -0.05) is 11.6 Å². The first-order chi connectivity index (χ1) is 11.4. The average molecular weight is 357 g/mol. The lowest BCUT2D eigenvalue weighted by atomic mass is 10.2. The Balaban J connectivity index is 2.09. The third kappa shape index (κ3) is 4.29. The Morgan fingerprint density at radius 2 is 1.96 bits per heavy atom. The van der Waals surface area contributed by atoms with Crippen molar-refractivity contribution < 1.29 is 28.6 Å². The molecule has 8 nitrogen and oxygen atoms in total. The second-order valence-electron chi connectivity index (χ2n) is 4.95. The lowest BCUT2D eigenvalue weighted by Gasteiger charge is -2.14. The summed E-state index contributed by atoms with van der Waals surface area (Å²) in [6.45, 7) is 2.25. The summed E-state index contributed by atoms with van der Waals surface area (Å²) >= 11 is 6.11. The van der Waals surface area contributed by atoms with E-state index in [1.165, 1.54) is 26.1 Å². The molecule has 2 rings (SSSR count). The Kier molecular flexibility index (Phi) is 5.86. The van der Waals surface area contributed by atoms with Crippen LogP contribution in [-0.2, 0) is 9.53 Å². The van der Waals surface area contributed by atoms with E-state index in [2.05, 4.69) is 5.32 Å². The first kappa shape index (κ1) is 17.9. The molecule has 0 saturated carbocycles. The highest BCUT2D eigenvalue weighted by molar-refractivity contribution is 6.32. The topological polar surface area (TPSA) is 103 Å². The Hall–Kier alpha value is -2.48. The van der Waals surface area contributed by atoms with Gasteiger partial charge in [-0.25, -0.2) is 9.59 Å². The van der Waals surface area contributed by atoms with Crippen molar-refractivity contribution >= 4 is 29.5 Å². The van der Waals surface area contributed by atoms with E-state index >= 15 is 0 Å². The number of hydrogen-bond donors (Lipinski definition) is 2. The van der Waals surface area contributed by atoms with Gasteiger partial charge in [-0.05, 0) is 19.1 Å². The van der Waals surface area contributed by atoms with Crippen molar-refractivity contribution in [3.63, 3.8) is 0 Å². The molecule has 1 aliphatic heterocycles. The molecule has 0 saturated heterocycles. The summed E-state index contributed by atoms with van der Waals surface area (Å²) in [7, 11) is 1.36. The molecule has 24 heavy (non-hydrogen) atoms. The van der Waals surface area contributed by atoms with E-state index in [-0.39, 0.29) is 10.6 Å². The van der Waals surface area contributed by atoms with Gasteiger partial charge < -0.3 is 19.5 Å². The minimum Gasteiger partial charge on any atom is -0.489 e. The predicted molar refractivity (Wildman–Crippen MR) is 84.5 cm³/mol. The summed E-state index contributed by atoms with van der Waals surface area (Å²) in [4.78, 5) is 35.0. The third-order valence-corrected chi connectivity index (χ3v) is 3.44. The quantitative estimate of drug-likeness (QED) is 0.796. The van der Waals surface area contributed by atoms with E-state index < -0.39 is 24.0 Å². The first-order valence-electron chi connectivity index (χ1n) is 7.25. The lowest BCUT2D eigenvalue weighted by molar-refractivity contribution is -0.127. The summed E-state index contributed by atoms with van der Waals surface area (Å²) in [5.74, 6) is -0.805. The number of hydrogen-bond acceptors (Lipinski definition) is 6. The van der Waals surface area contributed by atoms with Crippen LogP contribution < -0.4 is 20.1 Å². The zero-order chi connectivity index (χ0) is 17.7. The number of urea groups is 1. The summed E-state index contributed by atoms with van der Waals surface area (Å²) in [5.41, 5.74) is 0.115. The van der Waals surface area contributed by atoms with E-state index in [9.17, 15) is 14.4 Å². The van der Waals surface area contributed by atoms with Crippen LogP contribution in [0.15, 0.2) is 12.1 Å². The smallest absolute Gasteiger partial charge is 0.339 e. The standard InChI is InChI=1S/C15H17ClN2O6/c1-8(13(19)18-15(21)17-2)24-14(20)9-6-10(16)12-11(7-9)22-4-3-5-23-12/h6-8H,3-5H2,1-2H3,(H2,17,18,19,21)/t8-/m0/s1. The van der Waals surface area contributed by atoms with Crippen LogP contribution in [0.4, 0.5) is 4.79 Å². The molecule has 0 radical (unpaired) electrons. The number of ether oxygens (including phenoxy) is 3. The molecule has 0 spiro atoms. The lowest BCUT2D eigenvalue weighted by Crippen LogP contribution is -2.43. The highest BCUT2D eigenvalue weighted by atomic mass is 35.5. The Bertz CT molecular complexity index is 664. The summed E-state index contributed by atoms with van der Waals surface area (Å²) in [5, 5.41) is 4.45. The van der Waals surface area contributed by atoms with Crippen molar-refractivity contribution in [2.45, 2.75) is 19.4 Å². The number of amides is 3. The van der Waals surface area contributed by atoms with Crippen LogP contribution in [0.2, 0.25) is 5.02 Å². The van der Waals surface area contributed by atoms with Gasteiger partial charge in [0.1, 0.15) is 0 Å². The molecule has 9 heteroatoms. The van der Waals surface area contributed by atoms with Gasteiger partial charge in [-0.2, -0.15) is 0 Å². The molecule has 3 amide bonds. The number of rotatable bonds is 3. The number of carbonyl (C=O) groups is 3. The van der Waals surface area contributed by atoms with Gasteiger partial charge in [0.05, 0.1) is 23.8 Å². The second kappa shape index (κ2) is 7.87. The van der Waals surface area contributed by atoms with E-state index in [4.69, 9.17) is 25.8 Å². The van der Waals surface area contributed by atoms with Gasteiger partial charge in [0.15, 0.2) is 17.6 Å². The van der Waals surface area contributed by atoms with Crippen LogP contribution in [0.1, 0.15) is 23.7 Å². The second-order valence-corrected chi connectivity index (χ2v) is 5.36. The highest BCUT2D eigenvalue weighted by Gasteiger charge is 2.23. The van der Waals surface area contributed by atoms with E-state index in [0.717, 1.165) is 0 Å². The van der Waals surface area contributed by atoms with Crippen LogP contribution in [0.5, 0.6) is 11.5 Å². The number of fused-ring (bicyclic) bond motifs is 1. The molecule has 0 unspecified atom stereocenters. The van der Waals surface area contributed by atoms with Gasteiger partial charge in [-0.3, -0.25) is 10.1 Å². The number of nitrogens with one attached hydrogen (secondary N) is 2. The molecule has 1 heterocycles. The zero-order valence-corrected chi connectivity index (χ0v) is 13.9. The predicted octanol–water partition coefficient (Wildman–Crippen LogP) is 1.50. The molecule has 1 aromatic rings. The van der Waals surface area contributed by atoms with Crippen LogP contribution >= 0.6 is 11.6 Å². The summed E-state index contributed by atoms with van der Waals surface area (Å²) in [6.07, 6.45) is -0.467. The minimum atomic E-state index is -1.16. The highest BCUT2D eigenvalue weighted by Crippen LogP contribution is 2.38. The van der Waals surface area contributed by atoms with Crippen LogP contribution in [0.3, 0.4) is 0 Å². The fourth-order valence-electron chi connectivity index (χ4n) is 1.91. The molecule has 0 aliphatic carbocycles. The molecular formula is C15H17ClN2O6. The minimum absolute atomic E-state index is 0.115. The summed E-state index contributed by atoms with van der Waals surface area (Å²) in [6, 6.07) is 2.13. The number of benzene rings is 1.